The van der Waals surface area contributed by atoms with Gasteiger partial charge in [0, 0.05) is 32.8 Å². The zero-order valence-corrected chi connectivity index (χ0v) is 29.7. The number of carboxylic acid groups (broad SMARTS) is 2. The third-order valence-corrected chi connectivity index (χ3v) is 10.4. The van der Waals surface area contributed by atoms with E-state index in [1.807, 2.05) is 60.7 Å². The molecule has 0 aromatic heterocycles. The molecule has 0 bridgehead atoms. The Morgan fingerprint density at radius 1 is 0.700 bits per heavy atom. The Labute approximate surface area is 291 Å². The lowest BCUT2D eigenvalue weighted by atomic mass is 9.94. The zero-order chi connectivity index (χ0) is 37.2. The van der Waals surface area contributed by atoms with Gasteiger partial charge in [0.05, 0.1) is 17.5 Å². The van der Waals surface area contributed by atoms with Crippen molar-refractivity contribution < 1.29 is 62.3 Å². The molecule has 0 radical (unpaired) electrons. The van der Waals surface area contributed by atoms with Crippen molar-refractivity contribution in [1.29, 1.82) is 0 Å². The molecule has 0 aliphatic rings. The van der Waals surface area contributed by atoms with Crippen LogP contribution in [0.3, 0.4) is 0 Å². The van der Waals surface area contributed by atoms with Crippen molar-refractivity contribution in [3.05, 3.63) is 108 Å². The molecule has 50 heavy (non-hydrogen) atoms. The van der Waals surface area contributed by atoms with Gasteiger partial charge in [0.2, 0.25) is 0 Å². The molecule has 0 heterocycles. The number of benzene rings is 3. The maximum absolute atomic E-state index is 13.1. The minimum absolute atomic E-state index is 0.0226. The van der Waals surface area contributed by atoms with E-state index >= 15 is 0 Å². The van der Waals surface area contributed by atoms with Crippen molar-refractivity contribution in [2.75, 3.05) is 19.9 Å². The summed E-state index contributed by atoms with van der Waals surface area (Å²) in [5.41, 5.74) is 1.28. The molecule has 3 aromatic rings. The van der Waals surface area contributed by atoms with Gasteiger partial charge < -0.3 is 34.0 Å². The molecular weight excluding hydrogens is 690 g/mol. The van der Waals surface area contributed by atoms with E-state index in [9.17, 15) is 33.2 Å². The van der Waals surface area contributed by atoms with Crippen molar-refractivity contribution in [2.45, 2.75) is 51.0 Å². The number of rotatable bonds is 19. The smallest absolute Gasteiger partial charge is 0.335 e. The van der Waals surface area contributed by atoms with Gasteiger partial charge in [-0.15, -0.1) is 0 Å². The Morgan fingerprint density at radius 2 is 1.18 bits per heavy atom. The predicted octanol–water partition coefficient (Wildman–Crippen LogP) is 6.29. The van der Waals surface area contributed by atoms with E-state index in [1.165, 1.54) is 7.11 Å². The zero-order valence-electron chi connectivity index (χ0n) is 27.9. The van der Waals surface area contributed by atoms with Crippen LogP contribution in [-0.4, -0.2) is 63.8 Å². The van der Waals surface area contributed by atoms with Gasteiger partial charge in [-0.2, -0.15) is 0 Å². The summed E-state index contributed by atoms with van der Waals surface area (Å²) >= 11 is 0. The summed E-state index contributed by atoms with van der Waals surface area (Å²) in [6, 6.07) is 27.2. The number of hydrogen-bond donors (Lipinski definition) is 4. The summed E-state index contributed by atoms with van der Waals surface area (Å²) in [5, 5.41) is 16.9. The van der Waals surface area contributed by atoms with Crippen LogP contribution in [0.5, 0.6) is 0 Å². The lowest BCUT2D eigenvalue weighted by Gasteiger charge is -2.25. The summed E-state index contributed by atoms with van der Waals surface area (Å²) in [6.45, 7) is 1.25. The Kier molecular flexibility index (Phi) is 17.8. The second-order valence-corrected chi connectivity index (χ2v) is 16.2. The molecule has 5 unspecified atom stereocenters. The number of hydrogen-bond acceptors (Lipinski definition) is 9. The molecule has 0 spiro atoms. The maximum Gasteiger partial charge on any atom is 0.335 e. The first-order chi connectivity index (χ1) is 23.6. The van der Waals surface area contributed by atoms with E-state index < -0.39 is 56.3 Å². The molecule has 5 atom stereocenters. The van der Waals surface area contributed by atoms with Crippen LogP contribution in [0.15, 0.2) is 91.0 Å². The van der Waals surface area contributed by atoms with E-state index in [-0.39, 0.29) is 51.5 Å². The molecular formula is C35H44O13P2. The van der Waals surface area contributed by atoms with Crippen molar-refractivity contribution in [3.63, 3.8) is 0 Å². The van der Waals surface area contributed by atoms with E-state index in [2.05, 4.69) is 0 Å². The predicted molar refractivity (Wildman–Crippen MR) is 184 cm³/mol. The first-order valence-electron chi connectivity index (χ1n) is 15.7. The molecule has 0 saturated heterocycles. The highest BCUT2D eigenvalue weighted by molar-refractivity contribution is 7.57. The molecule has 4 N–H and O–H groups in total. The van der Waals surface area contributed by atoms with Gasteiger partial charge >= 0.3 is 31.5 Å². The van der Waals surface area contributed by atoms with Gasteiger partial charge in [0.25, 0.3) is 0 Å². The molecule has 0 aliphatic heterocycles. The number of esters is 2. The van der Waals surface area contributed by atoms with Gasteiger partial charge in [-0.05, 0) is 36.0 Å². The van der Waals surface area contributed by atoms with Crippen LogP contribution in [-0.2, 0) is 55.5 Å². The first kappa shape index (κ1) is 42.0. The number of aliphatic carboxylic acids is 2. The number of ether oxygens (including phenoxy) is 2. The minimum Gasteiger partial charge on any atom is -0.481 e. The van der Waals surface area contributed by atoms with Gasteiger partial charge in [-0.25, -0.2) is 0 Å². The van der Waals surface area contributed by atoms with E-state index in [0.717, 1.165) is 17.8 Å². The van der Waals surface area contributed by atoms with Crippen molar-refractivity contribution in [1.82, 2.24) is 0 Å². The molecule has 272 valence electrons. The fraction of sp³-hybridized carbons (Fsp3) is 0.371. The molecule has 15 heteroatoms. The second kappa shape index (κ2) is 21.2. The van der Waals surface area contributed by atoms with Crippen molar-refractivity contribution in [2.24, 2.45) is 11.8 Å². The summed E-state index contributed by atoms with van der Waals surface area (Å²) in [5.74, 6) is -5.24. The summed E-state index contributed by atoms with van der Waals surface area (Å²) < 4.78 is 39.6. The van der Waals surface area contributed by atoms with Gasteiger partial charge in [0.1, 0.15) is 13.2 Å². The summed E-state index contributed by atoms with van der Waals surface area (Å²) in [4.78, 5) is 65.8. The van der Waals surface area contributed by atoms with Crippen LogP contribution >= 0.6 is 15.0 Å². The highest BCUT2D eigenvalue weighted by Crippen LogP contribution is 2.58. The molecule has 3 rings (SSSR count). The van der Waals surface area contributed by atoms with Gasteiger partial charge in [0.15, 0.2) is 7.37 Å². The van der Waals surface area contributed by atoms with Crippen LogP contribution in [0.25, 0.3) is 0 Å². The van der Waals surface area contributed by atoms with E-state index in [4.69, 9.17) is 29.1 Å². The largest absolute Gasteiger partial charge is 0.481 e. The molecule has 0 fully saturated rings. The number of carboxylic acids is 2. The minimum atomic E-state index is -4.10. The van der Waals surface area contributed by atoms with Crippen LogP contribution in [0.4, 0.5) is 0 Å². The molecule has 0 amide bonds. The SMILES string of the molecule is COP(=O)(O)C(CC(CCC(=O)OCc1ccccc1)C(=O)OCc1ccccc1)c1ccccc1.CP(=O)(O)CC(CCC(=O)O)C(=O)O. The van der Waals surface area contributed by atoms with Crippen LogP contribution in [0.2, 0.25) is 0 Å². The Bertz CT molecular complexity index is 1590. The topological polar surface area (TPSA) is 211 Å². The Balaban J connectivity index is 0.000000523. The summed E-state index contributed by atoms with van der Waals surface area (Å²) in [6.07, 6.45) is -0.767. The lowest BCUT2D eigenvalue weighted by Crippen LogP contribution is -2.22. The van der Waals surface area contributed by atoms with Gasteiger partial charge in [-0.3, -0.25) is 28.3 Å². The van der Waals surface area contributed by atoms with Crippen molar-refractivity contribution >= 4 is 38.8 Å². The fourth-order valence-electron chi connectivity index (χ4n) is 4.81. The monoisotopic (exact) mass is 734 g/mol. The molecule has 0 saturated carbocycles. The average Bonchev–Trinajstić information content (AvgIpc) is 3.09. The normalized spacial score (nSPS) is 15.0. The number of carbonyl (C=O) groups is 4. The Hall–Kier alpha value is -4.12. The Morgan fingerprint density at radius 3 is 1.64 bits per heavy atom. The molecule has 0 aliphatic carbocycles. The second-order valence-electron chi connectivity index (χ2n) is 11.6. The van der Waals surface area contributed by atoms with E-state index in [1.54, 1.807) is 30.3 Å². The average molecular weight is 735 g/mol. The lowest BCUT2D eigenvalue weighted by molar-refractivity contribution is -0.151. The van der Waals surface area contributed by atoms with Crippen LogP contribution in [0, 0.1) is 11.8 Å². The third kappa shape index (κ3) is 16.5. The highest BCUT2D eigenvalue weighted by atomic mass is 31.2. The standard InChI is InChI=1S/C28H31O7P.C7H13O6P/c1-33-36(31,32)26(24-15-9-4-10-16-24)19-25(28(30)35-21-23-13-7-3-8-14-23)17-18-27(29)34-20-22-11-5-2-6-12-22;1-14(12,13)4-5(7(10)11)2-3-6(8)9/h2-16,25-26H,17-21H2,1H3,(H,31,32);5H,2-4H2,1H3,(H,8,9)(H,10,11)(H,12,13). The number of carbonyl (C=O) groups excluding carboxylic acids is 2. The maximum atomic E-state index is 13.1. The van der Waals surface area contributed by atoms with Gasteiger partial charge in [-0.1, -0.05) is 91.0 Å². The first-order valence-corrected chi connectivity index (χ1v) is 19.6. The van der Waals surface area contributed by atoms with Crippen LogP contribution < -0.4 is 0 Å². The van der Waals surface area contributed by atoms with Crippen LogP contribution in [0.1, 0.15) is 54.5 Å². The quantitative estimate of drug-likeness (QED) is 0.0789. The molecule has 3 aromatic carbocycles. The van der Waals surface area contributed by atoms with Crippen molar-refractivity contribution in [3.8, 4) is 0 Å². The van der Waals surface area contributed by atoms with E-state index in [0.29, 0.717) is 5.56 Å². The third-order valence-electron chi connectivity index (χ3n) is 7.46. The highest BCUT2D eigenvalue weighted by Gasteiger charge is 2.37. The summed E-state index contributed by atoms with van der Waals surface area (Å²) in [7, 11) is -6.34. The fourth-order valence-corrected chi connectivity index (χ4v) is 7.29. The molecule has 13 nitrogen and oxygen atoms in total.